The van der Waals surface area contributed by atoms with Crippen LogP contribution >= 0.6 is 0 Å². The first-order valence-electron chi connectivity index (χ1n) is 6.50. The number of hydrogen-bond donors (Lipinski definition) is 1. The van der Waals surface area contributed by atoms with Crippen molar-refractivity contribution in [3.8, 4) is 0 Å². The van der Waals surface area contributed by atoms with Gasteiger partial charge >= 0.3 is 5.97 Å². The lowest BCUT2D eigenvalue weighted by atomic mass is 10.0. The number of aryl methyl sites for hydroxylation is 2. The van der Waals surface area contributed by atoms with Crippen LogP contribution in [0.4, 0.5) is 0 Å². The quantitative estimate of drug-likeness (QED) is 0.880. The van der Waals surface area contributed by atoms with Gasteiger partial charge in [-0.25, -0.2) is 0 Å². The van der Waals surface area contributed by atoms with Crippen LogP contribution in [0.1, 0.15) is 29.9 Å². The number of ether oxygens (including phenoxy) is 1. The van der Waals surface area contributed by atoms with Gasteiger partial charge in [0, 0.05) is 30.9 Å². The molecule has 0 saturated carbocycles. The molecule has 106 valence electrons. The molecule has 0 radical (unpaired) electrons. The molecule has 1 aromatic heterocycles. The summed E-state index contributed by atoms with van der Waals surface area (Å²) in [6, 6.07) is -0.554. The molecule has 0 bridgehead atoms. The summed E-state index contributed by atoms with van der Waals surface area (Å²) in [6.07, 6.45) is 0. The van der Waals surface area contributed by atoms with Crippen LogP contribution in [0.15, 0.2) is 0 Å². The molecule has 1 aliphatic heterocycles. The molecular formula is C13H21N3O3. The molecule has 2 heterocycles. The van der Waals surface area contributed by atoms with Gasteiger partial charge in [0.05, 0.1) is 18.9 Å². The van der Waals surface area contributed by atoms with Crippen molar-refractivity contribution in [2.75, 3.05) is 19.8 Å². The Bertz CT molecular complexity index is 484. The highest BCUT2D eigenvalue weighted by Gasteiger charge is 2.34. The van der Waals surface area contributed by atoms with Crippen LogP contribution in [0.3, 0.4) is 0 Å². The molecule has 6 nitrogen and oxygen atoms in total. The Hall–Kier alpha value is -1.40. The Balaban J connectivity index is 2.31. The molecule has 1 aromatic rings. The lowest BCUT2D eigenvalue weighted by Crippen LogP contribution is -2.50. The Kier molecular flexibility index (Phi) is 3.91. The Morgan fingerprint density at radius 3 is 2.74 bits per heavy atom. The molecule has 6 heteroatoms. The summed E-state index contributed by atoms with van der Waals surface area (Å²) >= 11 is 0. The van der Waals surface area contributed by atoms with Gasteiger partial charge in [0.15, 0.2) is 0 Å². The van der Waals surface area contributed by atoms with Crippen LogP contribution in [-0.4, -0.2) is 51.6 Å². The third-order valence-electron chi connectivity index (χ3n) is 3.94. The summed E-state index contributed by atoms with van der Waals surface area (Å²) in [5, 5.41) is 13.7. The van der Waals surface area contributed by atoms with Gasteiger partial charge in [0.2, 0.25) is 0 Å². The maximum absolute atomic E-state index is 11.3. The summed E-state index contributed by atoms with van der Waals surface area (Å²) in [7, 11) is 1.91. The molecule has 1 fully saturated rings. The molecule has 1 aliphatic rings. The number of carboxylic acid groups (broad SMARTS) is 1. The first kappa shape index (κ1) is 14.0. The predicted molar refractivity (Wildman–Crippen MR) is 70.0 cm³/mol. The number of hydrogen-bond acceptors (Lipinski definition) is 4. The largest absolute Gasteiger partial charge is 0.480 e. The molecule has 2 atom stereocenters. The predicted octanol–water partition coefficient (Wildman–Crippen LogP) is 0.883. The lowest BCUT2D eigenvalue weighted by Gasteiger charge is -2.37. The van der Waals surface area contributed by atoms with Crippen molar-refractivity contribution >= 4 is 5.97 Å². The van der Waals surface area contributed by atoms with E-state index in [0.717, 1.165) is 17.0 Å². The summed E-state index contributed by atoms with van der Waals surface area (Å²) < 4.78 is 7.13. The number of morpholine rings is 1. The van der Waals surface area contributed by atoms with E-state index in [2.05, 4.69) is 5.10 Å². The zero-order valence-electron chi connectivity index (χ0n) is 11.9. The van der Waals surface area contributed by atoms with Gasteiger partial charge in [-0.05, 0) is 20.8 Å². The van der Waals surface area contributed by atoms with Gasteiger partial charge in [-0.15, -0.1) is 0 Å². The topological polar surface area (TPSA) is 67.6 Å². The number of nitrogens with zero attached hydrogens (tertiary/aromatic N) is 3. The van der Waals surface area contributed by atoms with Crippen LogP contribution < -0.4 is 0 Å². The second-order valence-electron chi connectivity index (χ2n) is 5.05. The fourth-order valence-corrected chi connectivity index (χ4v) is 2.85. The zero-order valence-corrected chi connectivity index (χ0v) is 11.9. The highest BCUT2D eigenvalue weighted by molar-refractivity contribution is 5.73. The number of carbonyl (C=O) groups is 1. The number of rotatable bonds is 3. The smallest absolute Gasteiger partial charge is 0.323 e. The highest BCUT2D eigenvalue weighted by Crippen LogP contribution is 2.29. The van der Waals surface area contributed by atoms with Crippen LogP contribution in [0.2, 0.25) is 0 Å². The van der Waals surface area contributed by atoms with Crippen LogP contribution in [0.5, 0.6) is 0 Å². The van der Waals surface area contributed by atoms with Crippen LogP contribution in [0, 0.1) is 13.8 Å². The molecule has 1 N–H and O–H groups in total. The number of carboxylic acids is 1. The van der Waals surface area contributed by atoms with E-state index in [-0.39, 0.29) is 12.6 Å². The van der Waals surface area contributed by atoms with E-state index in [0.29, 0.717) is 13.2 Å². The standard InChI is InChI=1S/C13H21N3O3/c1-8-12(9(2)15(4)14-8)10(3)16-5-6-19-7-11(16)13(17)18/h10-11H,5-7H2,1-4H3,(H,17,18). The maximum Gasteiger partial charge on any atom is 0.323 e. The summed E-state index contributed by atoms with van der Waals surface area (Å²) in [5.41, 5.74) is 3.17. The fraction of sp³-hybridized carbons (Fsp3) is 0.692. The van der Waals surface area contributed by atoms with E-state index < -0.39 is 12.0 Å². The Morgan fingerprint density at radius 2 is 2.21 bits per heavy atom. The molecule has 0 spiro atoms. The first-order valence-corrected chi connectivity index (χ1v) is 6.50. The Morgan fingerprint density at radius 1 is 1.53 bits per heavy atom. The van der Waals surface area contributed by atoms with Crippen molar-refractivity contribution in [2.24, 2.45) is 7.05 Å². The van der Waals surface area contributed by atoms with E-state index in [1.54, 1.807) is 0 Å². The number of aliphatic carboxylic acids is 1. The molecule has 0 aliphatic carbocycles. The second-order valence-corrected chi connectivity index (χ2v) is 5.05. The SMILES string of the molecule is Cc1nn(C)c(C)c1C(C)N1CCOCC1C(=O)O. The van der Waals surface area contributed by atoms with Gasteiger partial charge in [0.25, 0.3) is 0 Å². The van der Waals surface area contributed by atoms with Crippen molar-refractivity contribution in [1.29, 1.82) is 0 Å². The minimum absolute atomic E-state index is 0.0266. The zero-order chi connectivity index (χ0) is 14.2. The lowest BCUT2D eigenvalue weighted by molar-refractivity contribution is -0.151. The third kappa shape index (κ3) is 2.50. The van der Waals surface area contributed by atoms with Gasteiger partial charge < -0.3 is 9.84 Å². The average molecular weight is 267 g/mol. The monoisotopic (exact) mass is 267 g/mol. The normalized spacial score (nSPS) is 22.4. The summed E-state index contributed by atoms with van der Waals surface area (Å²) in [4.78, 5) is 13.3. The minimum atomic E-state index is -0.828. The van der Waals surface area contributed by atoms with Gasteiger partial charge in [0.1, 0.15) is 6.04 Å². The minimum Gasteiger partial charge on any atom is -0.480 e. The fourth-order valence-electron chi connectivity index (χ4n) is 2.85. The van der Waals surface area contributed by atoms with E-state index in [9.17, 15) is 9.90 Å². The van der Waals surface area contributed by atoms with Gasteiger partial charge in [-0.2, -0.15) is 5.10 Å². The van der Waals surface area contributed by atoms with E-state index in [4.69, 9.17) is 4.74 Å². The third-order valence-corrected chi connectivity index (χ3v) is 3.94. The van der Waals surface area contributed by atoms with Crippen molar-refractivity contribution in [3.05, 3.63) is 17.0 Å². The number of aromatic nitrogens is 2. The van der Waals surface area contributed by atoms with Crippen molar-refractivity contribution in [2.45, 2.75) is 32.9 Å². The molecule has 1 saturated heterocycles. The summed E-state index contributed by atoms with van der Waals surface area (Å²) in [6.45, 7) is 7.48. The molecule has 0 aromatic carbocycles. The average Bonchev–Trinajstić information content (AvgIpc) is 2.62. The highest BCUT2D eigenvalue weighted by atomic mass is 16.5. The molecule has 19 heavy (non-hydrogen) atoms. The molecule has 2 unspecified atom stereocenters. The maximum atomic E-state index is 11.3. The molecule has 2 rings (SSSR count). The molecule has 0 amide bonds. The van der Waals surface area contributed by atoms with Crippen molar-refractivity contribution in [3.63, 3.8) is 0 Å². The Labute approximate surface area is 113 Å². The summed E-state index contributed by atoms with van der Waals surface area (Å²) in [5.74, 6) is -0.828. The van der Waals surface area contributed by atoms with Gasteiger partial charge in [-0.1, -0.05) is 0 Å². The molecular weight excluding hydrogens is 246 g/mol. The second kappa shape index (κ2) is 5.30. The van der Waals surface area contributed by atoms with Crippen LogP contribution in [0.25, 0.3) is 0 Å². The van der Waals surface area contributed by atoms with E-state index in [1.807, 2.05) is 37.4 Å². The van der Waals surface area contributed by atoms with Gasteiger partial charge in [-0.3, -0.25) is 14.4 Å². The van der Waals surface area contributed by atoms with E-state index in [1.165, 1.54) is 0 Å². The van der Waals surface area contributed by atoms with E-state index >= 15 is 0 Å². The van der Waals surface area contributed by atoms with Crippen LogP contribution in [-0.2, 0) is 16.6 Å². The van der Waals surface area contributed by atoms with Crippen molar-refractivity contribution < 1.29 is 14.6 Å². The van der Waals surface area contributed by atoms with Crippen molar-refractivity contribution in [1.82, 2.24) is 14.7 Å². The first-order chi connectivity index (χ1) is 8.93.